The van der Waals surface area contributed by atoms with Gasteiger partial charge in [-0.1, -0.05) is 52.1 Å². The lowest BCUT2D eigenvalue weighted by Gasteiger charge is -2.49. The molecule has 0 aromatic rings. The molecule has 0 bridgehead atoms. The fraction of sp³-hybridized carbons (Fsp3) is 1.00. The Balaban J connectivity index is 4.59. The summed E-state index contributed by atoms with van der Waals surface area (Å²) in [6.45, 7) is 15.4. The van der Waals surface area contributed by atoms with Crippen LogP contribution < -0.4 is 11.5 Å². The van der Waals surface area contributed by atoms with Crippen LogP contribution in [0.15, 0.2) is 0 Å². The van der Waals surface area contributed by atoms with Gasteiger partial charge < -0.3 is 11.5 Å². The summed E-state index contributed by atoms with van der Waals surface area (Å²) in [7, 11) is -2.60. The molecule has 0 atom stereocenters. The molecular weight excluding hydrogens is 228 g/mol. The van der Waals surface area contributed by atoms with Crippen LogP contribution in [-0.2, 0) is 0 Å². The molecule has 0 unspecified atom stereocenters. The van der Waals surface area contributed by atoms with Crippen molar-refractivity contribution in [2.45, 2.75) is 69.8 Å². The normalized spacial score (nSPS) is 14.2. The van der Waals surface area contributed by atoms with Crippen molar-refractivity contribution in [2.24, 2.45) is 11.5 Å². The van der Waals surface area contributed by atoms with E-state index in [1.165, 1.54) is 19.3 Å². The van der Waals surface area contributed by atoms with Crippen molar-refractivity contribution in [3.63, 3.8) is 0 Å². The number of rotatable bonds is 7. The molecule has 0 saturated carbocycles. The van der Waals surface area contributed by atoms with Gasteiger partial charge in [0.05, 0.1) is 16.1 Å². The van der Waals surface area contributed by atoms with Crippen molar-refractivity contribution in [3.05, 3.63) is 0 Å². The van der Waals surface area contributed by atoms with Crippen molar-refractivity contribution < 1.29 is 0 Å². The zero-order valence-corrected chi connectivity index (χ0v) is 14.2. The lowest BCUT2D eigenvalue weighted by atomic mass is 10.2. The lowest BCUT2D eigenvalue weighted by Crippen LogP contribution is -2.72. The maximum Gasteiger partial charge on any atom is 0.0634 e. The van der Waals surface area contributed by atoms with Gasteiger partial charge in [-0.3, -0.25) is 0 Å². The summed E-state index contributed by atoms with van der Waals surface area (Å²) in [5.74, 6) is 0. The van der Waals surface area contributed by atoms with Crippen LogP contribution >= 0.6 is 0 Å². The molecule has 0 aliphatic carbocycles. The zero-order valence-electron chi connectivity index (χ0n) is 12.2. The van der Waals surface area contributed by atoms with E-state index in [1.807, 2.05) is 0 Å². The Morgan fingerprint density at radius 1 is 0.812 bits per heavy atom. The Morgan fingerprint density at radius 3 is 1.56 bits per heavy atom. The van der Waals surface area contributed by atoms with E-state index < -0.39 is 16.1 Å². The minimum atomic E-state index is -1.30. The Morgan fingerprint density at radius 2 is 1.25 bits per heavy atom. The van der Waals surface area contributed by atoms with Gasteiger partial charge in [0.1, 0.15) is 0 Å². The molecule has 0 aliphatic heterocycles. The molecule has 0 heterocycles. The monoisotopic (exact) mass is 260 g/mol. The third-order valence-corrected chi connectivity index (χ3v) is 14.3. The minimum absolute atomic E-state index is 0.161. The van der Waals surface area contributed by atoms with E-state index >= 15 is 0 Å². The highest BCUT2D eigenvalue weighted by Gasteiger charge is 2.48. The van der Waals surface area contributed by atoms with Crippen molar-refractivity contribution in [1.82, 2.24) is 0 Å². The largest absolute Gasteiger partial charge is 0.330 e. The van der Waals surface area contributed by atoms with Gasteiger partial charge in [0.15, 0.2) is 0 Å². The van der Waals surface area contributed by atoms with E-state index in [0.717, 1.165) is 13.0 Å². The molecule has 0 amide bonds. The second-order valence-corrected chi connectivity index (χ2v) is 18.4. The molecule has 0 spiro atoms. The first kappa shape index (κ1) is 16.4. The first-order valence-electron chi connectivity index (χ1n) is 6.55. The summed E-state index contributed by atoms with van der Waals surface area (Å²) < 4.78 is 0. The summed E-state index contributed by atoms with van der Waals surface area (Å²) >= 11 is 0. The fourth-order valence-electron chi connectivity index (χ4n) is 2.60. The van der Waals surface area contributed by atoms with E-state index in [9.17, 15) is 0 Å². The first-order valence-corrected chi connectivity index (χ1v) is 13.6. The molecule has 0 aromatic heterocycles. The van der Waals surface area contributed by atoms with Crippen molar-refractivity contribution in [3.8, 4) is 0 Å². The summed E-state index contributed by atoms with van der Waals surface area (Å²) in [5.41, 5.74) is 12.4. The third kappa shape index (κ3) is 3.98. The van der Waals surface area contributed by atoms with E-state index in [1.54, 1.807) is 0 Å². The molecule has 0 aliphatic rings. The standard InChI is InChI=1S/C12H32N2Si2/c1-15(2,3)12(14,16(4,5)6)10-8-7-9-11-13/h7-11,13-14H2,1-6H3. The Bertz CT molecular complexity index is 190. The fourth-order valence-corrected chi connectivity index (χ4v) is 13.5. The van der Waals surface area contributed by atoms with Gasteiger partial charge in [0.25, 0.3) is 0 Å². The average molecular weight is 261 g/mol. The maximum absolute atomic E-state index is 6.83. The quantitative estimate of drug-likeness (QED) is 0.546. The van der Waals surface area contributed by atoms with Crippen LogP contribution in [0.3, 0.4) is 0 Å². The summed E-state index contributed by atoms with van der Waals surface area (Å²) in [6.07, 6.45) is 4.85. The van der Waals surface area contributed by atoms with Gasteiger partial charge >= 0.3 is 0 Å². The molecule has 0 fully saturated rings. The number of nitrogens with two attached hydrogens (primary N) is 2. The van der Waals surface area contributed by atoms with Crippen LogP contribution in [-0.4, -0.2) is 27.5 Å². The highest BCUT2D eigenvalue weighted by Crippen LogP contribution is 2.33. The topological polar surface area (TPSA) is 52.0 Å². The molecule has 16 heavy (non-hydrogen) atoms. The molecular formula is C12H32N2Si2. The van der Waals surface area contributed by atoms with Crippen molar-refractivity contribution in [1.29, 1.82) is 0 Å². The van der Waals surface area contributed by atoms with Crippen molar-refractivity contribution in [2.75, 3.05) is 6.54 Å². The van der Waals surface area contributed by atoms with E-state index in [2.05, 4.69) is 39.3 Å². The van der Waals surface area contributed by atoms with E-state index in [0.29, 0.717) is 0 Å². The van der Waals surface area contributed by atoms with Gasteiger partial charge in [0, 0.05) is 4.79 Å². The van der Waals surface area contributed by atoms with Crippen LogP contribution in [0.5, 0.6) is 0 Å². The van der Waals surface area contributed by atoms with E-state index in [-0.39, 0.29) is 4.79 Å². The minimum Gasteiger partial charge on any atom is -0.330 e. The predicted octanol–water partition coefficient (Wildman–Crippen LogP) is 2.96. The lowest BCUT2D eigenvalue weighted by molar-refractivity contribution is 0.580. The summed E-state index contributed by atoms with van der Waals surface area (Å²) in [5, 5.41) is 0. The second kappa shape index (κ2) is 5.80. The highest BCUT2D eigenvalue weighted by atomic mass is 28.4. The van der Waals surface area contributed by atoms with Crippen molar-refractivity contribution >= 4 is 16.1 Å². The molecule has 0 aromatic carbocycles. The Kier molecular flexibility index (Phi) is 5.93. The number of hydrogen-bond acceptors (Lipinski definition) is 2. The second-order valence-electron chi connectivity index (χ2n) is 7.07. The smallest absolute Gasteiger partial charge is 0.0634 e. The Labute approximate surface area is 104 Å². The molecule has 0 radical (unpaired) electrons. The number of hydrogen-bond donors (Lipinski definition) is 2. The molecule has 4 N–H and O–H groups in total. The van der Waals surface area contributed by atoms with Crippen LogP contribution in [0.4, 0.5) is 0 Å². The first-order chi connectivity index (χ1) is 7.06. The molecule has 0 rings (SSSR count). The van der Waals surface area contributed by atoms with Gasteiger partial charge in [-0.05, 0) is 19.4 Å². The van der Waals surface area contributed by atoms with Gasteiger partial charge in [-0.2, -0.15) is 0 Å². The molecule has 98 valence electrons. The number of unbranched alkanes of at least 4 members (excludes halogenated alkanes) is 2. The van der Waals surface area contributed by atoms with Gasteiger partial charge in [0.2, 0.25) is 0 Å². The third-order valence-electron chi connectivity index (χ3n) is 3.95. The zero-order chi connectivity index (χ0) is 13.0. The summed E-state index contributed by atoms with van der Waals surface area (Å²) in [4.78, 5) is 0.161. The SMILES string of the molecule is C[Si](C)(C)C(N)(CCCCCN)[Si](C)(C)C. The van der Waals surface area contributed by atoms with Gasteiger partial charge in [-0.25, -0.2) is 0 Å². The van der Waals surface area contributed by atoms with E-state index in [4.69, 9.17) is 11.5 Å². The highest BCUT2D eigenvalue weighted by molar-refractivity contribution is 6.98. The van der Waals surface area contributed by atoms with Crippen LogP contribution in [0.25, 0.3) is 0 Å². The average Bonchev–Trinajstić information content (AvgIpc) is 2.08. The molecule has 0 saturated heterocycles. The maximum atomic E-state index is 6.83. The predicted molar refractivity (Wildman–Crippen MR) is 81.1 cm³/mol. The summed E-state index contributed by atoms with van der Waals surface area (Å²) in [6, 6.07) is 0. The van der Waals surface area contributed by atoms with Gasteiger partial charge in [-0.15, -0.1) is 0 Å². The van der Waals surface area contributed by atoms with Crippen LogP contribution in [0, 0.1) is 0 Å². The molecule has 4 heteroatoms. The Hall–Kier alpha value is 0.354. The van der Waals surface area contributed by atoms with Crippen LogP contribution in [0.1, 0.15) is 25.7 Å². The molecule has 2 nitrogen and oxygen atoms in total. The van der Waals surface area contributed by atoms with Crippen LogP contribution in [0.2, 0.25) is 39.3 Å².